The average Bonchev–Trinajstić information content (AvgIpc) is 2.75. The van der Waals surface area contributed by atoms with Gasteiger partial charge in [0.25, 0.3) is 5.56 Å². The van der Waals surface area contributed by atoms with Crippen molar-refractivity contribution in [1.29, 1.82) is 0 Å². The number of hydrogen-bond acceptors (Lipinski definition) is 3. The number of carbonyl (C=O) groups excluding carboxylic acids is 1. The summed E-state index contributed by atoms with van der Waals surface area (Å²) >= 11 is 0. The predicted octanol–water partition coefficient (Wildman–Crippen LogP) is 3.92. The Labute approximate surface area is 175 Å². The lowest BCUT2D eigenvalue weighted by Gasteiger charge is -2.24. The quantitative estimate of drug-likeness (QED) is 0.715. The van der Waals surface area contributed by atoms with Crippen LogP contribution in [-0.4, -0.2) is 15.0 Å². The first-order chi connectivity index (χ1) is 14.5. The van der Waals surface area contributed by atoms with E-state index in [9.17, 15) is 14.4 Å². The first-order valence-corrected chi connectivity index (χ1v) is 10.6. The van der Waals surface area contributed by atoms with Gasteiger partial charge in [-0.05, 0) is 62.1 Å². The van der Waals surface area contributed by atoms with E-state index >= 15 is 0 Å². The molecule has 156 valence electrons. The Bertz CT molecular complexity index is 1220. The lowest BCUT2D eigenvalue weighted by Crippen LogP contribution is -2.44. The summed E-state index contributed by atoms with van der Waals surface area (Å²) in [5.74, 6) is -0.292. The van der Waals surface area contributed by atoms with Gasteiger partial charge in [-0.25, -0.2) is 4.79 Å². The fourth-order valence-electron chi connectivity index (χ4n) is 4.32. The van der Waals surface area contributed by atoms with E-state index in [-0.39, 0.29) is 24.1 Å². The molecular weight excluding hydrogens is 378 g/mol. The summed E-state index contributed by atoms with van der Waals surface area (Å²) in [5, 5.41) is 3.35. The summed E-state index contributed by atoms with van der Waals surface area (Å²) in [5.41, 5.74) is 2.76. The highest BCUT2D eigenvalue weighted by Gasteiger charge is 2.23. The summed E-state index contributed by atoms with van der Waals surface area (Å²) in [6.07, 6.45) is 4.79. The highest BCUT2D eigenvalue weighted by atomic mass is 16.2. The van der Waals surface area contributed by atoms with Crippen LogP contribution in [0.1, 0.15) is 49.3 Å². The Kier molecular flexibility index (Phi) is 5.57. The first kappa shape index (κ1) is 20.1. The van der Waals surface area contributed by atoms with E-state index in [1.54, 1.807) is 24.3 Å². The molecule has 1 saturated carbocycles. The summed E-state index contributed by atoms with van der Waals surface area (Å²) < 4.78 is 2.81. The van der Waals surface area contributed by atoms with E-state index < -0.39 is 5.69 Å². The first-order valence-electron chi connectivity index (χ1n) is 10.6. The minimum atomic E-state index is -0.402. The molecule has 1 amide bonds. The number of benzene rings is 2. The fraction of sp³-hybridized carbons (Fsp3) is 0.375. The van der Waals surface area contributed by atoms with Gasteiger partial charge < -0.3 is 5.32 Å². The lowest BCUT2D eigenvalue weighted by molar-refractivity contribution is -0.116. The number of aromatic nitrogens is 2. The molecule has 1 aliphatic rings. The van der Waals surface area contributed by atoms with Gasteiger partial charge in [0, 0.05) is 11.7 Å². The smallest absolute Gasteiger partial charge is 0.325 e. The van der Waals surface area contributed by atoms with Gasteiger partial charge in [-0.1, -0.05) is 37.5 Å². The molecule has 30 heavy (non-hydrogen) atoms. The van der Waals surface area contributed by atoms with E-state index in [2.05, 4.69) is 5.32 Å². The maximum Gasteiger partial charge on any atom is 0.332 e. The van der Waals surface area contributed by atoms with Gasteiger partial charge in [-0.15, -0.1) is 0 Å². The highest BCUT2D eigenvalue weighted by Crippen LogP contribution is 2.26. The molecule has 0 spiro atoms. The molecule has 2 aromatic carbocycles. The maximum atomic E-state index is 13.3. The molecular formula is C24H27N3O3. The number of hydrogen-bond donors (Lipinski definition) is 1. The topological polar surface area (TPSA) is 73.1 Å². The number of anilines is 1. The van der Waals surface area contributed by atoms with Crippen molar-refractivity contribution in [2.24, 2.45) is 0 Å². The van der Waals surface area contributed by atoms with Gasteiger partial charge in [-0.3, -0.25) is 18.7 Å². The van der Waals surface area contributed by atoms with Gasteiger partial charge >= 0.3 is 5.69 Å². The molecule has 1 N–H and O–H groups in total. The molecule has 0 saturated heterocycles. The molecule has 0 atom stereocenters. The van der Waals surface area contributed by atoms with Crippen molar-refractivity contribution in [3.8, 4) is 0 Å². The second-order valence-corrected chi connectivity index (χ2v) is 8.20. The van der Waals surface area contributed by atoms with Crippen LogP contribution in [0.15, 0.2) is 52.1 Å². The minimum absolute atomic E-state index is 0.0996. The Morgan fingerprint density at radius 3 is 2.47 bits per heavy atom. The lowest BCUT2D eigenvalue weighted by atomic mass is 9.95. The van der Waals surface area contributed by atoms with Crippen molar-refractivity contribution in [2.45, 2.75) is 58.5 Å². The van der Waals surface area contributed by atoms with Gasteiger partial charge in [0.15, 0.2) is 0 Å². The summed E-state index contributed by atoms with van der Waals surface area (Å²) in [7, 11) is 0. The van der Waals surface area contributed by atoms with E-state index in [0.29, 0.717) is 16.6 Å². The van der Waals surface area contributed by atoms with Gasteiger partial charge in [0.2, 0.25) is 5.91 Å². The van der Waals surface area contributed by atoms with Crippen LogP contribution in [0.2, 0.25) is 0 Å². The van der Waals surface area contributed by atoms with Gasteiger partial charge in [-0.2, -0.15) is 0 Å². The number of nitrogens with one attached hydrogen (secondary N) is 1. The van der Waals surface area contributed by atoms with Crippen LogP contribution in [0, 0.1) is 13.8 Å². The molecule has 0 aliphatic heterocycles. The molecule has 1 fully saturated rings. The van der Waals surface area contributed by atoms with Gasteiger partial charge in [0.05, 0.1) is 10.9 Å². The third-order valence-electron chi connectivity index (χ3n) is 6.11. The number of fused-ring (bicyclic) bond motifs is 1. The van der Waals surface area contributed by atoms with E-state index in [1.165, 1.54) is 9.13 Å². The Morgan fingerprint density at radius 2 is 1.73 bits per heavy atom. The molecule has 6 nitrogen and oxygen atoms in total. The SMILES string of the molecule is Cc1ccc(NC(=O)Cn2c(=O)n(C3CCCCC3)c(=O)c3ccccc32)cc1C. The highest BCUT2D eigenvalue weighted by molar-refractivity contribution is 5.91. The number of para-hydroxylation sites is 1. The molecule has 0 bridgehead atoms. The molecule has 4 rings (SSSR count). The number of carbonyl (C=O) groups is 1. The monoisotopic (exact) mass is 405 g/mol. The van der Waals surface area contributed by atoms with Gasteiger partial charge in [0.1, 0.15) is 6.54 Å². The van der Waals surface area contributed by atoms with Crippen LogP contribution in [0.4, 0.5) is 5.69 Å². The molecule has 6 heteroatoms. The van der Waals surface area contributed by atoms with Crippen LogP contribution >= 0.6 is 0 Å². The van der Waals surface area contributed by atoms with Crippen molar-refractivity contribution in [2.75, 3.05) is 5.32 Å². The fourth-order valence-corrected chi connectivity index (χ4v) is 4.32. The van der Waals surface area contributed by atoms with Crippen molar-refractivity contribution >= 4 is 22.5 Å². The molecule has 3 aromatic rings. The van der Waals surface area contributed by atoms with Crippen molar-refractivity contribution < 1.29 is 4.79 Å². The predicted molar refractivity (Wildman–Crippen MR) is 119 cm³/mol. The normalized spacial score (nSPS) is 14.7. The Balaban J connectivity index is 1.74. The minimum Gasteiger partial charge on any atom is -0.325 e. The van der Waals surface area contributed by atoms with E-state index in [1.807, 2.05) is 32.0 Å². The Hall–Kier alpha value is -3.15. The zero-order chi connectivity index (χ0) is 21.3. The van der Waals surface area contributed by atoms with E-state index in [0.717, 1.165) is 43.2 Å². The summed E-state index contributed by atoms with van der Waals surface area (Å²) in [6, 6.07) is 12.7. The molecule has 1 heterocycles. The largest absolute Gasteiger partial charge is 0.332 e. The second kappa shape index (κ2) is 8.30. The number of rotatable bonds is 4. The van der Waals surface area contributed by atoms with Crippen molar-refractivity contribution in [3.05, 3.63) is 74.4 Å². The van der Waals surface area contributed by atoms with Crippen molar-refractivity contribution in [1.82, 2.24) is 9.13 Å². The number of aryl methyl sites for hydroxylation is 2. The van der Waals surface area contributed by atoms with Crippen LogP contribution in [0.5, 0.6) is 0 Å². The van der Waals surface area contributed by atoms with Crippen molar-refractivity contribution in [3.63, 3.8) is 0 Å². The average molecular weight is 405 g/mol. The Morgan fingerprint density at radius 1 is 1.00 bits per heavy atom. The molecule has 0 unspecified atom stereocenters. The molecule has 1 aromatic heterocycles. The maximum absolute atomic E-state index is 13.3. The summed E-state index contributed by atoms with van der Waals surface area (Å²) in [6.45, 7) is 3.86. The standard InChI is InChI=1S/C24H27N3O3/c1-16-12-13-18(14-17(16)2)25-22(28)15-26-21-11-7-6-10-20(21)23(29)27(24(26)30)19-8-4-3-5-9-19/h6-7,10-14,19H,3-5,8-9,15H2,1-2H3,(H,25,28). The summed E-state index contributed by atoms with van der Waals surface area (Å²) in [4.78, 5) is 39.2. The number of amides is 1. The zero-order valence-electron chi connectivity index (χ0n) is 17.5. The third-order valence-corrected chi connectivity index (χ3v) is 6.11. The molecule has 1 aliphatic carbocycles. The zero-order valence-corrected chi connectivity index (χ0v) is 17.5. The van der Waals surface area contributed by atoms with Crippen LogP contribution in [0.3, 0.4) is 0 Å². The third kappa shape index (κ3) is 3.82. The number of nitrogens with zero attached hydrogens (tertiary/aromatic N) is 2. The van der Waals surface area contributed by atoms with Crippen LogP contribution in [0.25, 0.3) is 10.9 Å². The molecule has 0 radical (unpaired) electrons. The van der Waals surface area contributed by atoms with Crippen LogP contribution in [-0.2, 0) is 11.3 Å². The second-order valence-electron chi connectivity index (χ2n) is 8.20. The van der Waals surface area contributed by atoms with Crippen LogP contribution < -0.4 is 16.6 Å². The van der Waals surface area contributed by atoms with E-state index in [4.69, 9.17) is 0 Å².